The predicted molar refractivity (Wildman–Crippen MR) is 136 cm³/mol. The van der Waals surface area contributed by atoms with E-state index in [0.29, 0.717) is 19.6 Å². The molecule has 1 fully saturated rings. The van der Waals surface area contributed by atoms with Gasteiger partial charge in [-0.25, -0.2) is 4.79 Å². The number of guanidine groups is 1. The van der Waals surface area contributed by atoms with Gasteiger partial charge in [-0.2, -0.15) is 0 Å². The highest BCUT2D eigenvalue weighted by atomic mass is 127. The molecule has 0 radical (unpaired) electrons. The molecule has 176 valence electrons. The molecule has 1 aliphatic rings. The number of amides is 1. The van der Waals surface area contributed by atoms with E-state index in [4.69, 9.17) is 9.47 Å². The number of piperazine rings is 1. The van der Waals surface area contributed by atoms with Crippen LogP contribution in [0.1, 0.15) is 31.9 Å². The molecule has 2 rings (SSSR count). The molecule has 0 unspecified atom stereocenters. The van der Waals surface area contributed by atoms with Gasteiger partial charge in [0.2, 0.25) is 0 Å². The van der Waals surface area contributed by atoms with Gasteiger partial charge in [0.05, 0.1) is 7.11 Å². The maximum atomic E-state index is 12.2. The zero-order valence-corrected chi connectivity index (χ0v) is 22.0. The van der Waals surface area contributed by atoms with Gasteiger partial charge in [-0.05, 0) is 39.3 Å². The second-order valence-electron chi connectivity index (χ2n) is 8.48. The summed E-state index contributed by atoms with van der Waals surface area (Å²) < 4.78 is 10.9. The first-order valence-corrected chi connectivity index (χ1v) is 10.5. The normalized spacial score (nSPS) is 15.2. The Morgan fingerprint density at radius 2 is 1.84 bits per heavy atom. The van der Waals surface area contributed by atoms with E-state index in [1.807, 2.05) is 33.8 Å². The molecule has 0 aromatic heterocycles. The van der Waals surface area contributed by atoms with Crippen molar-refractivity contribution in [1.29, 1.82) is 0 Å². The third-order valence-corrected chi connectivity index (χ3v) is 4.86. The molecule has 1 heterocycles. The van der Waals surface area contributed by atoms with Gasteiger partial charge in [0.15, 0.2) is 5.96 Å². The molecular formula is C22H38IN5O3. The molecule has 1 aromatic carbocycles. The number of carbonyl (C=O) groups excluding carboxylic acids is 1. The Bertz CT molecular complexity index is 728. The van der Waals surface area contributed by atoms with E-state index in [0.717, 1.165) is 43.5 Å². The lowest BCUT2D eigenvalue weighted by molar-refractivity contribution is 0.0147. The standard InChI is InChI=1S/C22H37N5O3.HI/c1-17-7-8-18(19(15-17)29-6)16-25-20(23-5)24-9-10-26-11-13-27(14-12-26)21(28)30-22(2,3)4;/h7-8,15H,9-14,16H2,1-6H3,(H2,23,24,25);1H. The Morgan fingerprint density at radius 1 is 1.16 bits per heavy atom. The fourth-order valence-corrected chi connectivity index (χ4v) is 3.21. The average Bonchev–Trinajstić information content (AvgIpc) is 2.70. The second-order valence-corrected chi connectivity index (χ2v) is 8.48. The maximum Gasteiger partial charge on any atom is 0.410 e. The van der Waals surface area contributed by atoms with Crippen molar-refractivity contribution in [2.75, 3.05) is 53.4 Å². The Balaban J connectivity index is 0.00000480. The molecular weight excluding hydrogens is 509 g/mol. The van der Waals surface area contributed by atoms with E-state index in [1.165, 1.54) is 5.56 Å². The molecule has 0 saturated carbocycles. The molecule has 8 nitrogen and oxygen atoms in total. The Kier molecular flexibility index (Phi) is 11.4. The predicted octanol–water partition coefficient (Wildman–Crippen LogP) is 2.84. The largest absolute Gasteiger partial charge is 0.496 e. The van der Waals surface area contributed by atoms with Crippen LogP contribution in [0.2, 0.25) is 0 Å². The zero-order chi connectivity index (χ0) is 22.1. The van der Waals surface area contributed by atoms with Crippen molar-refractivity contribution in [3.63, 3.8) is 0 Å². The number of hydrogen-bond donors (Lipinski definition) is 2. The third-order valence-electron chi connectivity index (χ3n) is 4.86. The lowest BCUT2D eigenvalue weighted by Crippen LogP contribution is -2.51. The lowest BCUT2D eigenvalue weighted by atomic mass is 10.1. The quantitative estimate of drug-likeness (QED) is 0.324. The van der Waals surface area contributed by atoms with Crippen molar-refractivity contribution < 1.29 is 14.3 Å². The topological polar surface area (TPSA) is 78.4 Å². The van der Waals surface area contributed by atoms with Gasteiger partial charge in [-0.3, -0.25) is 9.89 Å². The molecule has 1 amide bonds. The summed E-state index contributed by atoms with van der Waals surface area (Å²) in [6, 6.07) is 6.18. The molecule has 2 N–H and O–H groups in total. The van der Waals surface area contributed by atoms with E-state index in [2.05, 4.69) is 32.7 Å². The number of aliphatic imine (C=N–C) groups is 1. The van der Waals surface area contributed by atoms with Crippen molar-refractivity contribution in [3.8, 4) is 5.75 Å². The zero-order valence-electron chi connectivity index (χ0n) is 19.7. The maximum absolute atomic E-state index is 12.2. The van der Waals surface area contributed by atoms with Crippen molar-refractivity contribution in [3.05, 3.63) is 29.3 Å². The van der Waals surface area contributed by atoms with E-state index >= 15 is 0 Å². The highest BCUT2D eigenvalue weighted by molar-refractivity contribution is 14.0. The minimum Gasteiger partial charge on any atom is -0.496 e. The van der Waals surface area contributed by atoms with E-state index in [-0.39, 0.29) is 30.1 Å². The number of ether oxygens (including phenoxy) is 2. The number of aryl methyl sites for hydroxylation is 1. The summed E-state index contributed by atoms with van der Waals surface area (Å²) in [4.78, 5) is 20.6. The molecule has 0 aliphatic carbocycles. The Labute approximate surface area is 203 Å². The van der Waals surface area contributed by atoms with Crippen LogP contribution < -0.4 is 15.4 Å². The first kappa shape index (κ1) is 27.3. The van der Waals surface area contributed by atoms with Crippen LogP contribution in [0.3, 0.4) is 0 Å². The number of nitrogens with one attached hydrogen (secondary N) is 2. The van der Waals surface area contributed by atoms with Gasteiger partial charge < -0.3 is 25.0 Å². The van der Waals surface area contributed by atoms with Crippen molar-refractivity contribution in [1.82, 2.24) is 20.4 Å². The molecule has 0 bridgehead atoms. The van der Waals surface area contributed by atoms with Crippen molar-refractivity contribution in [2.24, 2.45) is 4.99 Å². The summed E-state index contributed by atoms with van der Waals surface area (Å²) in [5, 5.41) is 6.68. The summed E-state index contributed by atoms with van der Waals surface area (Å²) in [6.07, 6.45) is -0.226. The van der Waals surface area contributed by atoms with E-state index < -0.39 is 5.60 Å². The summed E-state index contributed by atoms with van der Waals surface area (Å²) >= 11 is 0. The minimum atomic E-state index is -0.455. The molecule has 31 heavy (non-hydrogen) atoms. The van der Waals surface area contributed by atoms with Crippen LogP contribution in [-0.2, 0) is 11.3 Å². The fourth-order valence-electron chi connectivity index (χ4n) is 3.21. The number of benzene rings is 1. The summed E-state index contributed by atoms with van der Waals surface area (Å²) in [7, 11) is 3.45. The van der Waals surface area contributed by atoms with Crippen LogP contribution in [-0.4, -0.2) is 80.9 Å². The van der Waals surface area contributed by atoms with Crippen LogP contribution in [0.15, 0.2) is 23.2 Å². The Morgan fingerprint density at radius 3 is 2.42 bits per heavy atom. The van der Waals surface area contributed by atoms with Crippen LogP contribution in [0.5, 0.6) is 5.75 Å². The van der Waals surface area contributed by atoms with Gasteiger partial charge >= 0.3 is 6.09 Å². The first-order valence-electron chi connectivity index (χ1n) is 10.5. The number of hydrogen-bond acceptors (Lipinski definition) is 5. The SMILES string of the molecule is CN=C(NCCN1CCN(C(=O)OC(C)(C)C)CC1)NCc1ccc(C)cc1OC.I. The number of carbonyl (C=O) groups is 1. The highest BCUT2D eigenvalue weighted by Gasteiger charge is 2.25. The van der Waals surface area contributed by atoms with Gasteiger partial charge in [0.1, 0.15) is 11.4 Å². The van der Waals surface area contributed by atoms with Gasteiger partial charge in [-0.15, -0.1) is 24.0 Å². The summed E-state index contributed by atoms with van der Waals surface area (Å²) in [6.45, 7) is 13.1. The number of halogens is 1. The first-order chi connectivity index (χ1) is 14.2. The van der Waals surface area contributed by atoms with Crippen LogP contribution in [0, 0.1) is 6.92 Å². The van der Waals surface area contributed by atoms with Crippen LogP contribution in [0.25, 0.3) is 0 Å². The number of nitrogens with zero attached hydrogens (tertiary/aromatic N) is 3. The van der Waals surface area contributed by atoms with Crippen molar-refractivity contribution in [2.45, 2.75) is 39.8 Å². The molecule has 1 aliphatic heterocycles. The highest BCUT2D eigenvalue weighted by Crippen LogP contribution is 2.19. The third kappa shape index (κ3) is 9.51. The fraction of sp³-hybridized carbons (Fsp3) is 0.636. The smallest absolute Gasteiger partial charge is 0.410 e. The molecule has 0 atom stereocenters. The Hall–Kier alpha value is -1.75. The van der Waals surface area contributed by atoms with Gasteiger partial charge in [0, 0.05) is 58.4 Å². The average molecular weight is 547 g/mol. The number of methoxy groups -OCH3 is 1. The van der Waals surface area contributed by atoms with Crippen LogP contribution in [0.4, 0.5) is 4.79 Å². The molecule has 1 saturated heterocycles. The number of rotatable bonds is 6. The second kappa shape index (κ2) is 12.9. The van der Waals surface area contributed by atoms with Gasteiger partial charge in [-0.1, -0.05) is 12.1 Å². The van der Waals surface area contributed by atoms with Crippen molar-refractivity contribution >= 4 is 36.0 Å². The van der Waals surface area contributed by atoms with Crippen LogP contribution >= 0.6 is 24.0 Å². The molecule has 0 spiro atoms. The summed E-state index contributed by atoms with van der Waals surface area (Å²) in [5.41, 5.74) is 1.80. The summed E-state index contributed by atoms with van der Waals surface area (Å²) in [5.74, 6) is 1.63. The lowest BCUT2D eigenvalue weighted by Gasteiger charge is -2.35. The molecule has 9 heteroatoms. The van der Waals surface area contributed by atoms with E-state index in [1.54, 1.807) is 19.1 Å². The molecule has 1 aromatic rings. The van der Waals surface area contributed by atoms with E-state index in [9.17, 15) is 4.79 Å². The van der Waals surface area contributed by atoms with Gasteiger partial charge in [0.25, 0.3) is 0 Å². The minimum absolute atomic E-state index is 0. The monoisotopic (exact) mass is 547 g/mol.